The van der Waals surface area contributed by atoms with Crippen LogP contribution < -0.4 is 10.1 Å². The summed E-state index contributed by atoms with van der Waals surface area (Å²) in [4.78, 5) is 12.2. The number of hydrogen-bond acceptors (Lipinski definition) is 3. The highest BCUT2D eigenvalue weighted by molar-refractivity contribution is 7.99. The van der Waals surface area contributed by atoms with E-state index in [9.17, 15) is 4.79 Å². The molecule has 0 saturated heterocycles. The molecular weight excluding hydrogens is 284 g/mol. The summed E-state index contributed by atoms with van der Waals surface area (Å²) in [5.41, 5.74) is 1.71. The molecule has 5 heteroatoms. The molecule has 21 heavy (non-hydrogen) atoms. The summed E-state index contributed by atoms with van der Waals surface area (Å²) in [6.45, 7) is 2.86. The second-order valence-corrected chi connectivity index (χ2v) is 6.11. The Kier molecular flexibility index (Phi) is 5.56. The molecule has 1 aromatic heterocycles. The van der Waals surface area contributed by atoms with Crippen LogP contribution in [0, 0.1) is 0 Å². The van der Waals surface area contributed by atoms with Crippen molar-refractivity contribution in [1.29, 1.82) is 0 Å². The highest BCUT2D eigenvalue weighted by Gasteiger charge is 2.13. The van der Waals surface area contributed by atoms with E-state index in [0.29, 0.717) is 12.2 Å². The molecule has 1 amide bonds. The summed E-state index contributed by atoms with van der Waals surface area (Å²) in [5, 5.41) is 3.99. The first-order chi connectivity index (χ1) is 10.2. The number of hydrogen-bond donors (Lipinski definition) is 1. The molecule has 0 aliphatic rings. The van der Waals surface area contributed by atoms with Crippen LogP contribution in [0.1, 0.15) is 23.8 Å². The molecule has 0 spiro atoms. The number of benzene rings is 1. The Morgan fingerprint density at radius 2 is 2.14 bits per heavy atom. The molecule has 0 saturated carbocycles. The van der Waals surface area contributed by atoms with Crippen molar-refractivity contribution in [2.75, 3.05) is 25.2 Å². The number of thioether (sulfide) groups is 1. The molecule has 0 fully saturated rings. The van der Waals surface area contributed by atoms with Crippen molar-refractivity contribution in [2.45, 2.75) is 13.3 Å². The maximum absolute atomic E-state index is 12.2. The Morgan fingerprint density at radius 1 is 1.33 bits per heavy atom. The first kappa shape index (κ1) is 15.8. The van der Waals surface area contributed by atoms with Crippen molar-refractivity contribution in [1.82, 2.24) is 9.88 Å². The lowest BCUT2D eigenvalue weighted by atomic mass is 10.2. The first-order valence-electron chi connectivity index (χ1n) is 7.16. The van der Waals surface area contributed by atoms with Gasteiger partial charge in [-0.1, -0.05) is 6.92 Å². The fraction of sp³-hybridized carbons (Fsp3) is 0.438. The van der Waals surface area contributed by atoms with Crippen LogP contribution in [0.25, 0.3) is 10.9 Å². The Labute approximate surface area is 129 Å². The number of aryl methyl sites for hydroxylation is 1. The number of nitrogens with zero attached hydrogens (tertiary/aromatic N) is 1. The van der Waals surface area contributed by atoms with Gasteiger partial charge in [0.15, 0.2) is 0 Å². The van der Waals surface area contributed by atoms with E-state index in [1.54, 1.807) is 7.11 Å². The Balaban J connectivity index is 2.07. The molecule has 0 aliphatic heterocycles. The van der Waals surface area contributed by atoms with Crippen molar-refractivity contribution in [3.8, 4) is 5.75 Å². The Bertz CT molecular complexity index is 622. The Morgan fingerprint density at radius 3 is 2.86 bits per heavy atom. The lowest BCUT2D eigenvalue weighted by Crippen LogP contribution is -2.27. The number of rotatable bonds is 7. The number of methoxy groups -OCH3 is 1. The zero-order chi connectivity index (χ0) is 15.2. The standard InChI is InChI=1S/C16H22N2O2S/c1-4-8-21-9-7-17-16(19)15-11-12-10-13(20-3)5-6-14(12)18(15)2/h5-6,10-11H,4,7-9H2,1-3H3,(H,17,19). The number of ether oxygens (including phenoxy) is 1. The number of carbonyl (C=O) groups excluding carboxylic acids is 1. The fourth-order valence-corrected chi connectivity index (χ4v) is 2.99. The fourth-order valence-electron chi connectivity index (χ4n) is 2.25. The second kappa shape index (κ2) is 7.41. The lowest BCUT2D eigenvalue weighted by Gasteiger charge is -2.06. The third-order valence-electron chi connectivity index (χ3n) is 3.36. The smallest absolute Gasteiger partial charge is 0.267 e. The molecule has 1 heterocycles. The maximum atomic E-state index is 12.2. The quantitative estimate of drug-likeness (QED) is 0.800. The van der Waals surface area contributed by atoms with E-state index in [2.05, 4.69) is 12.2 Å². The molecule has 0 aliphatic carbocycles. The maximum Gasteiger partial charge on any atom is 0.267 e. The van der Waals surface area contributed by atoms with E-state index in [0.717, 1.165) is 28.2 Å². The van der Waals surface area contributed by atoms with Crippen molar-refractivity contribution in [3.05, 3.63) is 30.0 Å². The lowest BCUT2D eigenvalue weighted by molar-refractivity contribution is 0.0948. The van der Waals surface area contributed by atoms with Gasteiger partial charge in [-0.3, -0.25) is 4.79 Å². The van der Waals surface area contributed by atoms with Gasteiger partial charge >= 0.3 is 0 Å². The van der Waals surface area contributed by atoms with Gasteiger partial charge in [0.2, 0.25) is 0 Å². The summed E-state index contributed by atoms with van der Waals surface area (Å²) in [5.74, 6) is 2.88. The summed E-state index contributed by atoms with van der Waals surface area (Å²) in [6.07, 6.45) is 1.17. The van der Waals surface area contributed by atoms with Gasteiger partial charge in [-0.15, -0.1) is 0 Å². The van der Waals surface area contributed by atoms with Crippen LogP contribution in [-0.2, 0) is 7.05 Å². The van der Waals surface area contributed by atoms with E-state index < -0.39 is 0 Å². The van der Waals surface area contributed by atoms with Crippen LogP contribution in [0.15, 0.2) is 24.3 Å². The molecule has 2 aromatic rings. The van der Waals surface area contributed by atoms with E-state index in [-0.39, 0.29) is 5.91 Å². The average molecular weight is 306 g/mol. The zero-order valence-electron chi connectivity index (χ0n) is 12.8. The van der Waals surface area contributed by atoms with Gasteiger partial charge in [-0.05, 0) is 36.4 Å². The van der Waals surface area contributed by atoms with Crippen LogP contribution in [0.4, 0.5) is 0 Å². The summed E-state index contributed by atoms with van der Waals surface area (Å²) >= 11 is 1.87. The van der Waals surface area contributed by atoms with Gasteiger partial charge in [-0.25, -0.2) is 0 Å². The van der Waals surface area contributed by atoms with E-state index in [1.807, 2.05) is 47.6 Å². The second-order valence-electron chi connectivity index (χ2n) is 4.88. The summed E-state index contributed by atoms with van der Waals surface area (Å²) in [6, 6.07) is 7.74. The van der Waals surface area contributed by atoms with Crippen LogP contribution in [-0.4, -0.2) is 35.6 Å². The molecule has 4 nitrogen and oxygen atoms in total. The van der Waals surface area contributed by atoms with Crippen molar-refractivity contribution >= 4 is 28.6 Å². The number of nitrogens with one attached hydrogen (secondary N) is 1. The molecular formula is C16H22N2O2S. The molecule has 0 atom stereocenters. The van der Waals surface area contributed by atoms with Crippen LogP contribution in [0.5, 0.6) is 5.75 Å². The van der Waals surface area contributed by atoms with Gasteiger partial charge in [0, 0.05) is 30.2 Å². The molecule has 0 bridgehead atoms. The van der Waals surface area contributed by atoms with E-state index in [1.165, 1.54) is 6.42 Å². The minimum atomic E-state index is -0.0234. The predicted molar refractivity (Wildman–Crippen MR) is 89.4 cm³/mol. The van der Waals surface area contributed by atoms with Crippen LogP contribution in [0.3, 0.4) is 0 Å². The molecule has 2 rings (SSSR count). The van der Waals surface area contributed by atoms with Gasteiger partial charge < -0.3 is 14.6 Å². The van der Waals surface area contributed by atoms with Crippen molar-refractivity contribution in [3.63, 3.8) is 0 Å². The van der Waals surface area contributed by atoms with Crippen LogP contribution in [0.2, 0.25) is 0 Å². The van der Waals surface area contributed by atoms with Crippen LogP contribution >= 0.6 is 11.8 Å². The van der Waals surface area contributed by atoms with Gasteiger partial charge in [0.25, 0.3) is 5.91 Å². The van der Waals surface area contributed by atoms with Crippen molar-refractivity contribution < 1.29 is 9.53 Å². The zero-order valence-corrected chi connectivity index (χ0v) is 13.6. The molecule has 0 radical (unpaired) electrons. The normalized spacial score (nSPS) is 10.8. The molecule has 1 N–H and O–H groups in total. The van der Waals surface area contributed by atoms with E-state index >= 15 is 0 Å². The molecule has 114 valence electrons. The number of aromatic nitrogens is 1. The number of carbonyl (C=O) groups is 1. The largest absolute Gasteiger partial charge is 0.497 e. The molecule has 0 unspecified atom stereocenters. The molecule has 1 aromatic carbocycles. The predicted octanol–water partition coefficient (Wildman–Crippen LogP) is 3.06. The topological polar surface area (TPSA) is 43.3 Å². The highest BCUT2D eigenvalue weighted by Crippen LogP contribution is 2.23. The minimum Gasteiger partial charge on any atom is -0.497 e. The number of amides is 1. The van der Waals surface area contributed by atoms with Crippen molar-refractivity contribution in [2.24, 2.45) is 7.05 Å². The Hall–Kier alpha value is -1.62. The van der Waals surface area contributed by atoms with Gasteiger partial charge in [0.1, 0.15) is 11.4 Å². The highest BCUT2D eigenvalue weighted by atomic mass is 32.2. The minimum absolute atomic E-state index is 0.0234. The SMILES string of the molecule is CCCSCCNC(=O)c1cc2cc(OC)ccc2n1C. The monoisotopic (exact) mass is 306 g/mol. The van der Waals surface area contributed by atoms with Gasteiger partial charge in [-0.2, -0.15) is 11.8 Å². The summed E-state index contributed by atoms with van der Waals surface area (Å²) in [7, 11) is 3.56. The number of fused-ring (bicyclic) bond motifs is 1. The third kappa shape index (κ3) is 3.73. The first-order valence-corrected chi connectivity index (χ1v) is 8.32. The van der Waals surface area contributed by atoms with Gasteiger partial charge in [0.05, 0.1) is 7.11 Å². The summed E-state index contributed by atoms with van der Waals surface area (Å²) < 4.78 is 7.14. The third-order valence-corrected chi connectivity index (χ3v) is 4.55. The average Bonchev–Trinajstić information content (AvgIpc) is 2.83. The van der Waals surface area contributed by atoms with E-state index in [4.69, 9.17) is 4.74 Å².